The highest BCUT2D eigenvalue weighted by Crippen LogP contribution is 2.27. The molecule has 4 aromatic rings. The molecular formula is C19H17N5OS. The lowest BCUT2D eigenvalue weighted by atomic mass is 10.1. The van der Waals surface area contributed by atoms with Crippen molar-refractivity contribution >= 4 is 39.6 Å². The van der Waals surface area contributed by atoms with E-state index < -0.39 is 0 Å². The second-order valence-electron chi connectivity index (χ2n) is 6.34. The van der Waals surface area contributed by atoms with Gasteiger partial charge in [0.25, 0.3) is 5.91 Å². The number of amides is 1. The summed E-state index contributed by atoms with van der Waals surface area (Å²) >= 11 is 1.90. The van der Waals surface area contributed by atoms with Crippen LogP contribution in [0.4, 0.5) is 0 Å². The molecule has 0 spiro atoms. The molecule has 0 atom stereocenters. The SMILES string of the molecule is O=C(c1ccc2[nH]nc(-c3nc4ccccc4[nH]3)c2c1)N1CCSCC1. The van der Waals surface area contributed by atoms with Crippen LogP contribution in [0.15, 0.2) is 42.5 Å². The number of hydrogen-bond donors (Lipinski definition) is 2. The van der Waals surface area contributed by atoms with Crippen LogP contribution in [0.5, 0.6) is 0 Å². The molecule has 0 aliphatic carbocycles. The maximum Gasteiger partial charge on any atom is 0.253 e. The molecule has 2 aromatic heterocycles. The summed E-state index contributed by atoms with van der Waals surface area (Å²) in [6.07, 6.45) is 0. The van der Waals surface area contributed by atoms with E-state index in [4.69, 9.17) is 0 Å². The van der Waals surface area contributed by atoms with E-state index in [0.717, 1.165) is 52.2 Å². The number of nitrogens with zero attached hydrogens (tertiary/aromatic N) is 3. The van der Waals surface area contributed by atoms with Crippen LogP contribution in [-0.2, 0) is 0 Å². The van der Waals surface area contributed by atoms with Crippen molar-refractivity contribution in [1.82, 2.24) is 25.1 Å². The Bertz CT molecular complexity index is 1080. The van der Waals surface area contributed by atoms with Crippen LogP contribution >= 0.6 is 11.8 Å². The van der Waals surface area contributed by atoms with Gasteiger partial charge in [0, 0.05) is 35.5 Å². The minimum absolute atomic E-state index is 0.0870. The fourth-order valence-electron chi connectivity index (χ4n) is 3.34. The number of para-hydroxylation sites is 2. The highest BCUT2D eigenvalue weighted by molar-refractivity contribution is 7.99. The molecule has 0 radical (unpaired) electrons. The number of thioether (sulfide) groups is 1. The number of H-pyrrole nitrogens is 2. The first-order valence-electron chi connectivity index (χ1n) is 8.60. The van der Waals surface area contributed by atoms with Gasteiger partial charge in [-0.25, -0.2) is 4.98 Å². The molecule has 6 nitrogen and oxygen atoms in total. The normalized spacial score (nSPS) is 15.0. The third kappa shape index (κ3) is 2.55. The highest BCUT2D eigenvalue weighted by Gasteiger charge is 2.20. The quantitative estimate of drug-likeness (QED) is 0.573. The Morgan fingerprint density at radius 1 is 1.08 bits per heavy atom. The molecule has 7 heteroatoms. The molecule has 0 unspecified atom stereocenters. The number of imidazole rings is 1. The van der Waals surface area contributed by atoms with Gasteiger partial charge in [-0.3, -0.25) is 9.89 Å². The predicted molar refractivity (Wildman–Crippen MR) is 104 cm³/mol. The maximum absolute atomic E-state index is 12.8. The third-order valence-corrected chi connectivity index (χ3v) is 5.66. The van der Waals surface area contributed by atoms with Crippen molar-refractivity contribution in [3.05, 3.63) is 48.0 Å². The van der Waals surface area contributed by atoms with Gasteiger partial charge in [-0.2, -0.15) is 16.9 Å². The fourth-order valence-corrected chi connectivity index (χ4v) is 4.24. The monoisotopic (exact) mass is 363 g/mol. The molecule has 5 rings (SSSR count). The Hall–Kier alpha value is -2.80. The van der Waals surface area contributed by atoms with E-state index in [1.54, 1.807) is 0 Å². The molecule has 1 aliphatic heterocycles. The topological polar surface area (TPSA) is 77.7 Å². The molecule has 1 amide bonds. The Balaban J connectivity index is 1.57. The van der Waals surface area contributed by atoms with E-state index in [2.05, 4.69) is 20.2 Å². The van der Waals surface area contributed by atoms with Crippen molar-refractivity contribution in [3.63, 3.8) is 0 Å². The van der Waals surface area contributed by atoms with Crippen molar-refractivity contribution in [2.24, 2.45) is 0 Å². The fraction of sp³-hybridized carbons (Fsp3) is 0.211. The van der Waals surface area contributed by atoms with E-state index in [9.17, 15) is 4.79 Å². The van der Waals surface area contributed by atoms with Crippen LogP contribution in [0.25, 0.3) is 33.5 Å². The van der Waals surface area contributed by atoms with E-state index >= 15 is 0 Å². The van der Waals surface area contributed by atoms with Gasteiger partial charge < -0.3 is 9.88 Å². The van der Waals surface area contributed by atoms with Gasteiger partial charge in [-0.05, 0) is 30.3 Å². The lowest BCUT2D eigenvalue weighted by molar-refractivity contribution is 0.0772. The van der Waals surface area contributed by atoms with E-state index in [1.807, 2.05) is 59.1 Å². The number of hydrogen-bond acceptors (Lipinski definition) is 4. The Kier molecular flexibility index (Phi) is 3.67. The summed E-state index contributed by atoms with van der Waals surface area (Å²) < 4.78 is 0. The molecule has 2 aromatic carbocycles. The zero-order chi connectivity index (χ0) is 17.5. The molecule has 3 heterocycles. The summed E-state index contributed by atoms with van der Waals surface area (Å²) in [6.45, 7) is 1.62. The largest absolute Gasteiger partial charge is 0.337 e. The molecule has 26 heavy (non-hydrogen) atoms. The summed E-state index contributed by atoms with van der Waals surface area (Å²) in [4.78, 5) is 22.7. The average molecular weight is 363 g/mol. The number of nitrogens with one attached hydrogen (secondary N) is 2. The number of fused-ring (bicyclic) bond motifs is 2. The van der Waals surface area contributed by atoms with Crippen LogP contribution in [-0.4, -0.2) is 55.6 Å². The van der Waals surface area contributed by atoms with Gasteiger partial charge in [0.1, 0.15) is 5.69 Å². The third-order valence-electron chi connectivity index (χ3n) is 4.72. The van der Waals surface area contributed by atoms with Gasteiger partial charge in [0.05, 0.1) is 16.6 Å². The van der Waals surface area contributed by atoms with Crippen LogP contribution in [0.1, 0.15) is 10.4 Å². The summed E-state index contributed by atoms with van der Waals surface area (Å²) in [7, 11) is 0. The molecule has 0 saturated carbocycles. The predicted octanol–water partition coefficient (Wildman–Crippen LogP) is 3.30. The molecule has 0 bridgehead atoms. The minimum Gasteiger partial charge on any atom is -0.337 e. The van der Waals surface area contributed by atoms with E-state index in [-0.39, 0.29) is 5.91 Å². The van der Waals surface area contributed by atoms with Gasteiger partial charge in [-0.15, -0.1) is 0 Å². The first-order chi connectivity index (χ1) is 12.8. The molecule has 1 fully saturated rings. The Morgan fingerprint density at radius 2 is 1.92 bits per heavy atom. The Morgan fingerprint density at radius 3 is 2.77 bits per heavy atom. The van der Waals surface area contributed by atoms with Gasteiger partial charge in [0.2, 0.25) is 0 Å². The first kappa shape index (κ1) is 15.5. The summed E-state index contributed by atoms with van der Waals surface area (Å²) in [5, 5.41) is 8.37. The van der Waals surface area contributed by atoms with E-state index in [1.165, 1.54) is 0 Å². The van der Waals surface area contributed by atoms with Crippen molar-refractivity contribution in [2.45, 2.75) is 0 Å². The van der Waals surface area contributed by atoms with Gasteiger partial charge in [0.15, 0.2) is 5.82 Å². The number of benzene rings is 2. The minimum atomic E-state index is 0.0870. The van der Waals surface area contributed by atoms with Crippen LogP contribution < -0.4 is 0 Å². The van der Waals surface area contributed by atoms with Gasteiger partial charge >= 0.3 is 0 Å². The number of carbonyl (C=O) groups excluding carboxylic acids is 1. The average Bonchev–Trinajstić information content (AvgIpc) is 3.31. The summed E-state index contributed by atoms with van der Waals surface area (Å²) in [6, 6.07) is 13.6. The van der Waals surface area contributed by atoms with Crippen molar-refractivity contribution in [3.8, 4) is 11.5 Å². The number of rotatable bonds is 2. The first-order valence-corrected chi connectivity index (χ1v) is 9.75. The molecule has 2 N–H and O–H groups in total. The van der Waals surface area contributed by atoms with Crippen molar-refractivity contribution < 1.29 is 4.79 Å². The highest BCUT2D eigenvalue weighted by atomic mass is 32.2. The molecular weight excluding hydrogens is 346 g/mol. The second kappa shape index (κ2) is 6.17. The standard InChI is InChI=1S/C19H17N5OS/c25-19(24-7-9-26-10-8-24)12-5-6-14-13(11-12)17(23-22-14)18-20-15-3-1-2-4-16(15)21-18/h1-6,11H,7-10H2,(H,20,21)(H,22,23). The van der Waals surface area contributed by atoms with Crippen molar-refractivity contribution in [1.29, 1.82) is 0 Å². The van der Waals surface area contributed by atoms with Gasteiger partial charge in [-0.1, -0.05) is 12.1 Å². The number of aromatic amines is 2. The molecule has 1 aliphatic rings. The molecule has 1 saturated heterocycles. The van der Waals surface area contributed by atoms with Crippen molar-refractivity contribution in [2.75, 3.05) is 24.6 Å². The van der Waals surface area contributed by atoms with Crippen LogP contribution in [0, 0.1) is 0 Å². The lowest BCUT2D eigenvalue weighted by Crippen LogP contribution is -2.37. The zero-order valence-electron chi connectivity index (χ0n) is 14.0. The second-order valence-corrected chi connectivity index (χ2v) is 7.56. The summed E-state index contributed by atoms with van der Waals surface area (Å²) in [5.74, 6) is 2.80. The van der Waals surface area contributed by atoms with Crippen LogP contribution in [0.3, 0.4) is 0 Å². The lowest BCUT2D eigenvalue weighted by Gasteiger charge is -2.26. The van der Waals surface area contributed by atoms with E-state index in [0.29, 0.717) is 11.4 Å². The smallest absolute Gasteiger partial charge is 0.253 e. The summed E-state index contributed by atoms with van der Waals surface area (Å²) in [5.41, 5.74) is 4.20. The maximum atomic E-state index is 12.8. The number of aromatic nitrogens is 4. The molecule has 130 valence electrons. The zero-order valence-corrected chi connectivity index (χ0v) is 14.8. The number of carbonyl (C=O) groups is 1. The van der Waals surface area contributed by atoms with Crippen LogP contribution in [0.2, 0.25) is 0 Å². The Labute approximate surface area is 154 Å².